The summed E-state index contributed by atoms with van der Waals surface area (Å²) in [6, 6.07) is 12.0. The minimum atomic E-state index is -0.660. The van der Waals surface area contributed by atoms with Gasteiger partial charge in [-0.15, -0.1) is 0 Å². The lowest BCUT2D eigenvalue weighted by Gasteiger charge is -2.39. The van der Waals surface area contributed by atoms with Gasteiger partial charge < -0.3 is 24.4 Å². The first-order chi connectivity index (χ1) is 15.5. The van der Waals surface area contributed by atoms with E-state index in [0.29, 0.717) is 54.1 Å². The lowest BCUT2D eigenvalue weighted by atomic mass is 10.2. The van der Waals surface area contributed by atoms with Crippen molar-refractivity contribution in [3.05, 3.63) is 47.5 Å². The van der Waals surface area contributed by atoms with Crippen molar-refractivity contribution in [1.29, 1.82) is 0 Å². The van der Waals surface area contributed by atoms with Crippen LogP contribution in [0.25, 0.3) is 0 Å². The van der Waals surface area contributed by atoms with E-state index in [1.54, 1.807) is 29.2 Å². The van der Waals surface area contributed by atoms with Crippen molar-refractivity contribution < 1.29 is 23.8 Å². The highest BCUT2D eigenvalue weighted by Crippen LogP contribution is 2.31. The Hall–Kier alpha value is -2.97. The van der Waals surface area contributed by atoms with Crippen LogP contribution in [0.2, 0.25) is 5.02 Å². The molecule has 2 atom stereocenters. The molecule has 0 spiro atoms. The van der Waals surface area contributed by atoms with Crippen LogP contribution in [0.3, 0.4) is 0 Å². The van der Waals surface area contributed by atoms with E-state index in [9.17, 15) is 9.59 Å². The second-order valence-electron chi connectivity index (χ2n) is 7.74. The van der Waals surface area contributed by atoms with E-state index in [4.69, 9.17) is 25.8 Å². The van der Waals surface area contributed by atoms with E-state index in [1.807, 2.05) is 30.0 Å². The molecule has 0 aliphatic carbocycles. The fourth-order valence-corrected chi connectivity index (χ4v) is 4.03. The molecule has 8 nitrogen and oxygen atoms in total. The number of fused-ring (bicyclic) bond motifs is 1. The van der Waals surface area contributed by atoms with E-state index in [0.717, 1.165) is 0 Å². The molecular formula is C23H26ClN3O5. The monoisotopic (exact) mass is 459 g/mol. The first kappa shape index (κ1) is 22.2. The van der Waals surface area contributed by atoms with Crippen LogP contribution in [0.1, 0.15) is 6.92 Å². The Morgan fingerprint density at radius 2 is 1.84 bits per heavy atom. The maximum absolute atomic E-state index is 12.9. The van der Waals surface area contributed by atoms with Gasteiger partial charge in [-0.25, -0.2) is 0 Å². The van der Waals surface area contributed by atoms with Gasteiger partial charge in [0.1, 0.15) is 12.4 Å². The Balaban J connectivity index is 1.31. The molecule has 2 aliphatic heterocycles. The number of amides is 2. The van der Waals surface area contributed by atoms with Gasteiger partial charge in [-0.1, -0.05) is 23.7 Å². The molecule has 0 radical (unpaired) electrons. The minimum absolute atomic E-state index is 0.0973. The largest absolute Gasteiger partial charge is 0.495 e. The molecule has 32 heavy (non-hydrogen) atoms. The SMILES string of the molecule is COc1ccc(Cl)cc1NC(=O)[C@@H](C)N1CCN(C(=O)[C@H]2COc3ccccc3O2)CC1. The number of benzene rings is 2. The number of methoxy groups -OCH3 is 1. The maximum atomic E-state index is 12.9. The van der Waals surface area contributed by atoms with Gasteiger partial charge >= 0.3 is 0 Å². The summed E-state index contributed by atoms with van der Waals surface area (Å²) < 4.78 is 16.8. The zero-order chi connectivity index (χ0) is 22.7. The van der Waals surface area contributed by atoms with Crippen LogP contribution in [-0.2, 0) is 9.59 Å². The standard InChI is InChI=1S/C23H26ClN3O5/c1-15(22(28)25-17-13-16(24)7-8-18(17)30-2)26-9-11-27(12-10-26)23(29)21-14-31-19-5-3-4-6-20(19)32-21/h3-8,13,15,21H,9-12,14H2,1-2H3,(H,25,28)/t15-,21-/m1/s1. The van der Waals surface area contributed by atoms with Crippen LogP contribution in [0, 0.1) is 0 Å². The van der Waals surface area contributed by atoms with Crippen LogP contribution in [0.15, 0.2) is 42.5 Å². The molecule has 2 aliphatic rings. The number of carbonyl (C=O) groups is 2. The highest BCUT2D eigenvalue weighted by molar-refractivity contribution is 6.31. The highest BCUT2D eigenvalue weighted by atomic mass is 35.5. The number of hydrogen-bond acceptors (Lipinski definition) is 6. The van der Waals surface area contributed by atoms with Crippen molar-refractivity contribution in [2.45, 2.75) is 19.1 Å². The molecule has 2 aromatic rings. The summed E-state index contributed by atoms with van der Waals surface area (Å²) in [5, 5.41) is 3.40. The molecule has 170 valence electrons. The number of nitrogens with one attached hydrogen (secondary N) is 1. The molecule has 9 heteroatoms. The van der Waals surface area contributed by atoms with Crippen LogP contribution in [0.5, 0.6) is 17.2 Å². The number of para-hydroxylation sites is 2. The normalized spacial score (nSPS) is 19.2. The third-order valence-corrected chi connectivity index (χ3v) is 5.99. The maximum Gasteiger partial charge on any atom is 0.267 e. The second kappa shape index (κ2) is 9.67. The molecule has 0 saturated carbocycles. The summed E-state index contributed by atoms with van der Waals surface area (Å²) in [5.74, 6) is 1.52. The van der Waals surface area contributed by atoms with E-state index in [2.05, 4.69) is 5.32 Å². The van der Waals surface area contributed by atoms with Crippen molar-refractivity contribution in [1.82, 2.24) is 9.80 Å². The summed E-state index contributed by atoms with van der Waals surface area (Å²) in [4.78, 5) is 29.5. The number of halogens is 1. The molecule has 1 N–H and O–H groups in total. The van der Waals surface area contributed by atoms with Crippen LogP contribution < -0.4 is 19.5 Å². The van der Waals surface area contributed by atoms with Gasteiger partial charge in [-0.05, 0) is 37.3 Å². The predicted molar refractivity (Wildman–Crippen MR) is 121 cm³/mol. The summed E-state index contributed by atoms with van der Waals surface area (Å²) in [6.45, 7) is 4.22. The van der Waals surface area contributed by atoms with Crippen LogP contribution in [0.4, 0.5) is 5.69 Å². The van der Waals surface area contributed by atoms with Gasteiger partial charge in [0, 0.05) is 31.2 Å². The topological polar surface area (TPSA) is 80.3 Å². The number of ether oxygens (including phenoxy) is 3. The zero-order valence-electron chi connectivity index (χ0n) is 18.0. The quantitative estimate of drug-likeness (QED) is 0.740. The van der Waals surface area contributed by atoms with Crippen molar-refractivity contribution in [3.8, 4) is 17.2 Å². The summed E-state index contributed by atoms with van der Waals surface area (Å²) in [5.41, 5.74) is 0.528. The Morgan fingerprint density at radius 1 is 1.12 bits per heavy atom. The fourth-order valence-electron chi connectivity index (χ4n) is 3.86. The summed E-state index contributed by atoms with van der Waals surface area (Å²) in [7, 11) is 1.54. The lowest BCUT2D eigenvalue weighted by molar-refractivity contribution is -0.143. The number of hydrogen-bond donors (Lipinski definition) is 1. The Morgan fingerprint density at radius 3 is 2.56 bits per heavy atom. The number of anilines is 1. The molecular weight excluding hydrogens is 434 g/mol. The lowest BCUT2D eigenvalue weighted by Crippen LogP contribution is -2.57. The fraction of sp³-hybridized carbons (Fsp3) is 0.391. The van der Waals surface area contributed by atoms with Crippen LogP contribution >= 0.6 is 11.6 Å². The second-order valence-corrected chi connectivity index (χ2v) is 8.17. The minimum Gasteiger partial charge on any atom is -0.495 e. The third kappa shape index (κ3) is 4.76. The van der Waals surface area contributed by atoms with E-state index in [1.165, 1.54) is 7.11 Å². The Kier molecular flexibility index (Phi) is 6.72. The van der Waals surface area contributed by atoms with E-state index >= 15 is 0 Å². The van der Waals surface area contributed by atoms with Crippen LogP contribution in [-0.4, -0.2) is 73.7 Å². The number of rotatable bonds is 5. The molecule has 2 aromatic carbocycles. The molecule has 2 heterocycles. The summed E-state index contributed by atoms with van der Waals surface area (Å²) in [6.07, 6.45) is -0.660. The molecule has 0 aromatic heterocycles. The average molecular weight is 460 g/mol. The molecule has 1 saturated heterocycles. The smallest absolute Gasteiger partial charge is 0.267 e. The van der Waals surface area contributed by atoms with Crippen molar-refractivity contribution >= 4 is 29.1 Å². The van der Waals surface area contributed by atoms with E-state index in [-0.39, 0.29) is 24.5 Å². The number of carbonyl (C=O) groups excluding carboxylic acids is 2. The molecule has 1 fully saturated rings. The molecule has 2 amide bonds. The molecule has 0 unspecified atom stereocenters. The third-order valence-electron chi connectivity index (χ3n) is 5.76. The number of piperazine rings is 1. The van der Waals surface area contributed by atoms with Crippen molar-refractivity contribution in [2.75, 3.05) is 45.2 Å². The number of nitrogens with zero attached hydrogens (tertiary/aromatic N) is 2. The zero-order valence-corrected chi connectivity index (χ0v) is 18.8. The van der Waals surface area contributed by atoms with Crippen molar-refractivity contribution in [2.24, 2.45) is 0 Å². The highest BCUT2D eigenvalue weighted by Gasteiger charge is 2.34. The first-order valence-electron chi connectivity index (χ1n) is 10.5. The van der Waals surface area contributed by atoms with Gasteiger partial charge in [0.2, 0.25) is 12.0 Å². The van der Waals surface area contributed by atoms with Gasteiger partial charge in [-0.2, -0.15) is 0 Å². The molecule has 0 bridgehead atoms. The Labute approximate surface area is 192 Å². The Bertz CT molecular complexity index is 993. The first-order valence-corrected chi connectivity index (χ1v) is 10.9. The average Bonchev–Trinajstić information content (AvgIpc) is 2.83. The van der Waals surface area contributed by atoms with Gasteiger partial charge in [-0.3, -0.25) is 14.5 Å². The van der Waals surface area contributed by atoms with Gasteiger partial charge in [0.15, 0.2) is 11.5 Å². The van der Waals surface area contributed by atoms with E-state index < -0.39 is 6.10 Å². The summed E-state index contributed by atoms with van der Waals surface area (Å²) >= 11 is 6.05. The van der Waals surface area contributed by atoms with Crippen molar-refractivity contribution in [3.63, 3.8) is 0 Å². The molecule has 4 rings (SSSR count). The van der Waals surface area contributed by atoms with Gasteiger partial charge in [0.05, 0.1) is 18.8 Å². The predicted octanol–water partition coefficient (Wildman–Crippen LogP) is 2.66. The van der Waals surface area contributed by atoms with Gasteiger partial charge in [0.25, 0.3) is 5.91 Å².